The molecule has 34 heavy (non-hydrogen) atoms. The summed E-state index contributed by atoms with van der Waals surface area (Å²) in [4.78, 5) is 8.86. The van der Waals surface area contributed by atoms with Gasteiger partial charge in [-0.25, -0.2) is 14.4 Å². The number of ether oxygens (including phenoxy) is 2. The molecule has 3 aromatic carbocycles. The summed E-state index contributed by atoms with van der Waals surface area (Å²) in [6.45, 7) is 1.86. The molecule has 1 fully saturated rings. The summed E-state index contributed by atoms with van der Waals surface area (Å²) < 4.78 is 26.8. The second kappa shape index (κ2) is 8.72. The fourth-order valence-electron chi connectivity index (χ4n) is 4.24. The maximum absolute atomic E-state index is 13.5. The van der Waals surface area contributed by atoms with Crippen LogP contribution in [0.1, 0.15) is 12.0 Å². The number of rotatable bonds is 6. The second-order valence-electron chi connectivity index (χ2n) is 8.34. The van der Waals surface area contributed by atoms with Crippen molar-refractivity contribution in [3.05, 3.63) is 84.6 Å². The summed E-state index contributed by atoms with van der Waals surface area (Å²) in [7, 11) is 0. The van der Waals surface area contributed by atoms with Crippen molar-refractivity contribution in [1.82, 2.24) is 19.7 Å². The topological polar surface area (TPSA) is 74.1 Å². The van der Waals surface area contributed by atoms with Crippen LogP contribution < -0.4 is 10.1 Å². The molecule has 0 unspecified atom stereocenters. The van der Waals surface area contributed by atoms with Gasteiger partial charge in [-0.3, -0.25) is 4.68 Å². The smallest absolute Gasteiger partial charge is 0.141 e. The number of hydrogen-bond acceptors (Lipinski definition) is 6. The van der Waals surface area contributed by atoms with Crippen LogP contribution in [0.5, 0.6) is 5.75 Å². The molecule has 0 radical (unpaired) electrons. The summed E-state index contributed by atoms with van der Waals surface area (Å²) in [5.74, 6) is 1.25. The lowest BCUT2D eigenvalue weighted by molar-refractivity contribution is 0.141. The molecule has 1 aliphatic heterocycles. The van der Waals surface area contributed by atoms with Gasteiger partial charge in [0.05, 0.1) is 37.0 Å². The third-order valence-corrected chi connectivity index (χ3v) is 5.92. The molecule has 8 heteroatoms. The highest BCUT2D eigenvalue weighted by Crippen LogP contribution is 2.29. The van der Waals surface area contributed by atoms with E-state index in [4.69, 9.17) is 9.47 Å². The highest BCUT2D eigenvalue weighted by atomic mass is 19.1. The maximum atomic E-state index is 13.5. The number of aromatic nitrogens is 4. The van der Waals surface area contributed by atoms with E-state index in [0.717, 1.165) is 51.8 Å². The highest BCUT2D eigenvalue weighted by Gasteiger charge is 2.17. The third kappa shape index (κ3) is 4.15. The summed E-state index contributed by atoms with van der Waals surface area (Å²) in [6, 6.07) is 18.4. The standard InChI is InChI=1S/C26H22FN5O2/c27-19-3-1-2-17(10-19)14-32-25-7-4-20(11-18(25)13-30-32)31-26-23-6-5-21(12-24(23)28-16-29-26)34-22-8-9-33-15-22/h1-7,10-13,16,22H,8-9,14-15H2,(H,28,29,31)/t22-/m0/s1. The second-order valence-corrected chi connectivity index (χ2v) is 8.34. The molecular formula is C26H22FN5O2. The van der Waals surface area contributed by atoms with Gasteiger partial charge in [0.2, 0.25) is 0 Å². The van der Waals surface area contributed by atoms with Gasteiger partial charge in [-0.1, -0.05) is 12.1 Å². The first-order valence-electron chi connectivity index (χ1n) is 11.2. The van der Waals surface area contributed by atoms with E-state index in [9.17, 15) is 4.39 Å². The molecule has 7 nitrogen and oxygen atoms in total. The van der Waals surface area contributed by atoms with Crippen molar-refractivity contribution in [1.29, 1.82) is 0 Å². The number of hydrogen-bond donors (Lipinski definition) is 1. The Morgan fingerprint density at radius 3 is 2.94 bits per heavy atom. The van der Waals surface area contributed by atoms with Gasteiger partial charge < -0.3 is 14.8 Å². The van der Waals surface area contributed by atoms with E-state index in [1.807, 2.05) is 53.3 Å². The van der Waals surface area contributed by atoms with Crippen molar-refractivity contribution >= 4 is 33.3 Å². The monoisotopic (exact) mass is 455 g/mol. The van der Waals surface area contributed by atoms with Crippen LogP contribution in [0, 0.1) is 5.82 Å². The molecule has 1 aliphatic rings. The largest absolute Gasteiger partial charge is 0.488 e. The number of benzene rings is 3. The van der Waals surface area contributed by atoms with Gasteiger partial charge in [0.15, 0.2) is 0 Å². The minimum Gasteiger partial charge on any atom is -0.488 e. The number of nitrogens with one attached hydrogen (secondary N) is 1. The molecule has 170 valence electrons. The van der Waals surface area contributed by atoms with Crippen LogP contribution in [-0.4, -0.2) is 39.1 Å². The Kier molecular flexibility index (Phi) is 5.27. The zero-order valence-electron chi connectivity index (χ0n) is 18.3. The van der Waals surface area contributed by atoms with Crippen molar-refractivity contribution in [3.8, 4) is 5.75 Å². The fourth-order valence-corrected chi connectivity index (χ4v) is 4.24. The van der Waals surface area contributed by atoms with Crippen LogP contribution in [0.3, 0.4) is 0 Å². The predicted molar refractivity (Wildman–Crippen MR) is 128 cm³/mol. The van der Waals surface area contributed by atoms with E-state index in [-0.39, 0.29) is 11.9 Å². The fraction of sp³-hybridized carbons (Fsp3) is 0.192. The molecule has 6 rings (SSSR count). The van der Waals surface area contributed by atoms with Crippen LogP contribution in [0.15, 0.2) is 73.2 Å². The van der Waals surface area contributed by atoms with Crippen molar-refractivity contribution in [2.45, 2.75) is 19.1 Å². The van der Waals surface area contributed by atoms with Crippen LogP contribution >= 0.6 is 0 Å². The summed E-state index contributed by atoms with van der Waals surface area (Å²) >= 11 is 0. The third-order valence-electron chi connectivity index (χ3n) is 5.92. The van der Waals surface area contributed by atoms with Gasteiger partial charge in [-0.2, -0.15) is 5.10 Å². The van der Waals surface area contributed by atoms with Crippen molar-refractivity contribution in [3.63, 3.8) is 0 Å². The lowest BCUT2D eigenvalue weighted by Crippen LogP contribution is -2.15. The Morgan fingerprint density at radius 2 is 2.06 bits per heavy atom. The number of nitrogens with zero attached hydrogens (tertiary/aromatic N) is 4. The molecule has 0 spiro atoms. The van der Waals surface area contributed by atoms with Gasteiger partial charge in [0, 0.05) is 28.9 Å². The summed E-state index contributed by atoms with van der Waals surface area (Å²) in [5.41, 5.74) is 3.53. The van der Waals surface area contributed by atoms with E-state index in [1.165, 1.54) is 12.1 Å². The molecule has 0 bridgehead atoms. The quantitative estimate of drug-likeness (QED) is 0.385. The van der Waals surface area contributed by atoms with Gasteiger partial charge >= 0.3 is 0 Å². The molecule has 1 N–H and O–H groups in total. The lowest BCUT2D eigenvalue weighted by Gasteiger charge is -2.13. The SMILES string of the molecule is Fc1cccc(Cn2ncc3cc(Nc4ncnc5cc(O[C@H]6CCOC6)ccc45)ccc32)c1. The van der Waals surface area contributed by atoms with Crippen LogP contribution in [0.2, 0.25) is 0 Å². The first-order valence-corrected chi connectivity index (χ1v) is 11.2. The molecule has 2 aromatic heterocycles. The van der Waals surface area contributed by atoms with E-state index in [1.54, 1.807) is 12.4 Å². The van der Waals surface area contributed by atoms with E-state index in [2.05, 4.69) is 20.4 Å². The van der Waals surface area contributed by atoms with E-state index >= 15 is 0 Å². The molecule has 0 saturated carbocycles. The van der Waals surface area contributed by atoms with Gasteiger partial charge in [0.25, 0.3) is 0 Å². The zero-order chi connectivity index (χ0) is 22.9. The average molecular weight is 455 g/mol. The molecule has 1 atom stereocenters. The van der Waals surface area contributed by atoms with Gasteiger partial charge in [-0.15, -0.1) is 0 Å². The van der Waals surface area contributed by atoms with Crippen molar-refractivity contribution in [2.75, 3.05) is 18.5 Å². The highest BCUT2D eigenvalue weighted by molar-refractivity contribution is 5.92. The van der Waals surface area contributed by atoms with E-state index in [0.29, 0.717) is 19.0 Å². The lowest BCUT2D eigenvalue weighted by atomic mass is 10.2. The molecule has 3 heterocycles. The number of fused-ring (bicyclic) bond motifs is 2. The van der Waals surface area contributed by atoms with Crippen LogP contribution in [0.25, 0.3) is 21.8 Å². The van der Waals surface area contributed by atoms with E-state index < -0.39 is 0 Å². The predicted octanol–water partition coefficient (Wildman–Crippen LogP) is 5.08. The minimum absolute atomic E-state index is 0.0884. The summed E-state index contributed by atoms with van der Waals surface area (Å²) in [6.07, 6.45) is 4.35. The van der Waals surface area contributed by atoms with Gasteiger partial charge in [-0.05, 0) is 48.0 Å². The maximum Gasteiger partial charge on any atom is 0.141 e. The first kappa shape index (κ1) is 20.6. The Bertz CT molecular complexity index is 1480. The molecule has 1 saturated heterocycles. The Morgan fingerprint density at radius 1 is 1.09 bits per heavy atom. The van der Waals surface area contributed by atoms with Crippen LogP contribution in [-0.2, 0) is 11.3 Å². The minimum atomic E-state index is -0.247. The summed E-state index contributed by atoms with van der Waals surface area (Å²) in [5, 5.41) is 9.77. The average Bonchev–Trinajstić information content (AvgIpc) is 3.49. The van der Waals surface area contributed by atoms with Crippen LogP contribution in [0.4, 0.5) is 15.9 Å². The van der Waals surface area contributed by atoms with Crippen molar-refractivity contribution < 1.29 is 13.9 Å². The Labute approximate surface area is 195 Å². The molecular weight excluding hydrogens is 433 g/mol. The Balaban J connectivity index is 1.24. The van der Waals surface area contributed by atoms with Crippen molar-refractivity contribution in [2.24, 2.45) is 0 Å². The number of anilines is 2. The zero-order valence-corrected chi connectivity index (χ0v) is 18.3. The number of halogens is 1. The van der Waals surface area contributed by atoms with Gasteiger partial charge in [0.1, 0.15) is 29.8 Å². The molecule has 5 aromatic rings. The molecule has 0 aliphatic carbocycles. The molecule has 0 amide bonds. The first-order chi connectivity index (χ1) is 16.7. The Hall–Kier alpha value is -4.04. The normalized spacial score (nSPS) is 15.7.